The second-order valence-corrected chi connectivity index (χ2v) is 13.4. The van der Waals surface area contributed by atoms with Crippen LogP contribution in [0.15, 0.2) is 101 Å². The van der Waals surface area contributed by atoms with E-state index < -0.39 is 32.5 Å². The third-order valence-corrected chi connectivity index (χ3v) is 9.88. The van der Waals surface area contributed by atoms with Crippen molar-refractivity contribution in [2.75, 3.05) is 27.5 Å². The summed E-state index contributed by atoms with van der Waals surface area (Å²) in [6.45, 7) is 3.58. The Morgan fingerprint density at radius 2 is 1.38 bits per heavy atom. The number of nitrogens with one attached hydrogen (secondary N) is 2. The van der Waals surface area contributed by atoms with Gasteiger partial charge >= 0.3 is 0 Å². The Bertz CT molecular complexity index is 1780. The van der Waals surface area contributed by atoms with Crippen LogP contribution in [0.3, 0.4) is 0 Å². The van der Waals surface area contributed by atoms with Gasteiger partial charge in [0.05, 0.1) is 32.1 Å². The maximum Gasteiger partial charge on any atom is 0.264 e. The summed E-state index contributed by atoms with van der Waals surface area (Å²) in [5.41, 5.74) is 1.63. The van der Waals surface area contributed by atoms with Gasteiger partial charge in [0.2, 0.25) is 5.91 Å². The number of halogens is 2. The normalized spacial score (nSPS) is 11.5. The minimum atomic E-state index is -4.17. The standard InChI is InChI=1S/C29H27Cl2N3O6S2/c1-3-40-24-11-6-22(7-12-24)33-41(36,37)25-15-8-21(9-16-25)32-29(35)19-34(23-10-17-27(30)28(31)18-23)42(38,39)26-13-4-20(2)5-14-26/h4-18,33H,3,19H2,1-2H3,(H,32,35). The molecular weight excluding hydrogens is 621 g/mol. The molecule has 4 aromatic carbocycles. The van der Waals surface area contributed by atoms with Crippen molar-refractivity contribution in [1.82, 2.24) is 0 Å². The minimum Gasteiger partial charge on any atom is -0.494 e. The van der Waals surface area contributed by atoms with Crippen molar-refractivity contribution in [2.24, 2.45) is 0 Å². The fourth-order valence-corrected chi connectivity index (χ4v) is 6.60. The summed E-state index contributed by atoms with van der Waals surface area (Å²) in [5.74, 6) is -0.0511. The Morgan fingerprint density at radius 1 is 0.786 bits per heavy atom. The quantitative estimate of drug-likeness (QED) is 0.196. The highest BCUT2D eigenvalue weighted by atomic mass is 35.5. The van der Waals surface area contributed by atoms with Crippen LogP contribution in [0.1, 0.15) is 12.5 Å². The van der Waals surface area contributed by atoms with Crippen molar-refractivity contribution in [3.8, 4) is 5.75 Å². The number of aryl methyl sites for hydroxylation is 1. The zero-order valence-corrected chi connectivity index (χ0v) is 25.7. The molecule has 0 fully saturated rings. The molecule has 0 radical (unpaired) electrons. The number of benzene rings is 4. The highest BCUT2D eigenvalue weighted by Crippen LogP contribution is 2.31. The first-order valence-electron chi connectivity index (χ1n) is 12.6. The molecule has 9 nitrogen and oxygen atoms in total. The third kappa shape index (κ3) is 7.54. The second-order valence-electron chi connectivity index (χ2n) is 9.06. The third-order valence-electron chi connectivity index (χ3n) is 5.95. The van der Waals surface area contributed by atoms with E-state index in [1.54, 1.807) is 36.4 Å². The van der Waals surface area contributed by atoms with Gasteiger partial charge in [-0.2, -0.15) is 0 Å². The molecule has 0 heterocycles. The van der Waals surface area contributed by atoms with Crippen LogP contribution in [-0.2, 0) is 24.8 Å². The highest BCUT2D eigenvalue weighted by Gasteiger charge is 2.28. The van der Waals surface area contributed by atoms with Gasteiger partial charge < -0.3 is 10.1 Å². The van der Waals surface area contributed by atoms with Crippen molar-refractivity contribution < 1.29 is 26.4 Å². The zero-order chi connectivity index (χ0) is 30.5. The molecule has 4 rings (SSSR count). The first-order chi connectivity index (χ1) is 19.9. The van der Waals surface area contributed by atoms with Gasteiger partial charge in [-0.05, 0) is 92.7 Å². The molecule has 0 unspecified atom stereocenters. The van der Waals surface area contributed by atoms with Crippen LogP contribution < -0.4 is 19.1 Å². The van der Waals surface area contributed by atoms with Gasteiger partial charge in [-0.25, -0.2) is 16.8 Å². The molecule has 0 saturated carbocycles. The van der Waals surface area contributed by atoms with Crippen molar-refractivity contribution in [2.45, 2.75) is 23.6 Å². The van der Waals surface area contributed by atoms with Crippen molar-refractivity contribution in [3.63, 3.8) is 0 Å². The van der Waals surface area contributed by atoms with Crippen LogP contribution in [0.5, 0.6) is 5.75 Å². The SMILES string of the molecule is CCOc1ccc(NS(=O)(=O)c2ccc(NC(=O)CN(c3ccc(Cl)c(Cl)c3)S(=O)(=O)c3ccc(C)cc3)cc2)cc1. The molecule has 0 spiro atoms. The van der Waals surface area contributed by atoms with Crippen LogP contribution in [-0.4, -0.2) is 35.9 Å². The lowest BCUT2D eigenvalue weighted by atomic mass is 10.2. The van der Waals surface area contributed by atoms with Gasteiger partial charge in [-0.1, -0.05) is 40.9 Å². The van der Waals surface area contributed by atoms with E-state index in [4.69, 9.17) is 27.9 Å². The highest BCUT2D eigenvalue weighted by molar-refractivity contribution is 7.93. The topological polar surface area (TPSA) is 122 Å². The molecule has 2 N–H and O–H groups in total. The number of hydrogen-bond donors (Lipinski definition) is 2. The molecule has 4 aromatic rings. The summed E-state index contributed by atoms with van der Waals surface area (Å²) in [6.07, 6.45) is 0. The summed E-state index contributed by atoms with van der Waals surface area (Å²) in [4.78, 5) is 13.0. The summed E-state index contributed by atoms with van der Waals surface area (Å²) in [6, 6.07) is 22.4. The Morgan fingerprint density at radius 3 is 1.98 bits per heavy atom. The van der Waals surface area contributed by atoms with Crippen molar-refractivity contribution in [1.29, 1.82) is 0 Å². The Kier molecular flexibility index (Phi) is 9.67. The lowest BCUT2D eigenvalue weighted by molar-refractivity contribution is -0.114. The largest absolute Gasteiger partial charge is 0.494 e. The number of rotatable bonds is 11. The number of hydrogen-bond acceptors (Lipinski definition) is 6. The fraction of sp³-hybridized carbons (Fsp3) is 0.138. The van der Waals surface area contributed by atoms with Crippen molar-refractivity contribution >= 4 is 66.2 Å². The molecule has 0 aliphatic carbocycles. The van der Waals surface area contributed by atoms with Crippen LogP contribution in [0.4, 0.5) is 17.1 Å². The molecule has 0 atom stereocenters. The van der Waals surface area contributed by atoms with E-state index in [-0.39, 0.29) is 31.2 Å². The zero-order valence-electron chi connectivity index (χ0n) is 22.5. The minimum absolute atomic E-state index is 0.0124. The van der Waals surface area contributed by atoms with Crippen molar-refractivity contribution in [3.05, 3.63) is 107 Å². The Balaban J connectivity index is 1.51. The molecule has 0 saturated heterocycles. The van der Waals surface area contributed by atoms with Gasteiger partial charge in [0.25, 0.3) is 20.0 Å². The monoisotopic (exact) mass is 647 g/mol. The van der Waals surface area contributed by atoms with E-state index in [2.05, 4.69) is 10.0 Å². The molecule has 1 amide bonds. The molecule has 13 heteroatoms. The number of ether oxygens (including phenoxy) is 1. The lowest BCUT2D eigenvalue weighted by Gasteiger charge is -2.24. The molecule has 0 aliphatic heterocycles. The summed E-state index contributed by atoms with van der Waals surface area (Å²) in [7, 11) is -8.09. The average molecular weight is 649 g/mol. The fourth-order valence-electron chi connectivity index (χ4n) is 3.84. The maximum absolute atomic E-state index is 13.6. The average Bonchev–Trinajstić information content (AvgIpc) is 2.95. The van der Waals surface area contributed by atoms with Gasteiger partial charge in [0, 0.05) is 11.4 Å². The number of amides is 1. The smallest absolute Gasteiger partial charge is 0.264 e. The van der Waals surface area contributed by atoms with Gasteiger partial charge in [0.15, 0.2) is 0 Å². The van der Waals surface area contributed by atoms with E-state index in [1.165, 1.54) is 54.6 Å². The lowest BCUT2D eigenvalue weighted by Crippen LogP contribution is -2.38. The van der Waals surface area contributed by atoms with E-state index >= 15 is 0 Å². The Hall–Kier alpha value is -3.77. The van der Waals surface area contributed by atoms with E-state index in [0.29, 0.717) is 18.0 Å². The number of carbonyl (C=O) groups is 1. The van der Waals surface area contributed by atoms with E-state index in [1.807, 2.05) is 13.8 Å². The number of carbonyl (C=O) groups excluding carboxylic acids is 1. The van der Waals surface area contributed by atoms with Crippen LogP contribution in [0.25, 0.3) is 0 Å². The second kappa shape index (κ2) is 13.0. The number of nitrogens with zero attached hydrogens (tertiary/aromatic N) is 1. The first-order valence-corrected chi connectivity index (χ1v) is 16.3. The molecule has 0 aromatic heterocycles. The predicted octanol–water partition coefficient (Wildman–Crippen LogP) is 6.34. The van der Waals surface area contributed by atoms with Crippen LogP contribution in [0.2, 0.25) is 10.0 Å². The molecule has 220 valence electrons. The summed E-state index contributed by atoms with van der Waals surface area (Å²) in [5, 5.41) is 2.96. The molecule has 0 aliphatic rings. The number of anilines is 3. The summed E-state index contributed by atoms with van der Waals surface area (Å²) >= 11 is 12.2. The number of sulfonamides is 2. The van der Waals surface area contributed by atoms with Gasteiger partial charge in [-0.3, -0.25) is 13.8 Å². The predicted molar refractivity (Wildman–Crippen MR) is 166 cm³/mol. The molecule has 42 heavy (non-hydrogen) atoms. The maximum atomic E-state index is 13.6. The van der Waals surface area contributed by atoms with E-state index in [9.17, 15) is 21.6 Å². The summed E-state index contributed by atoms with van der Waals surface area (Å²) < 4.78 is 61.6. The molecular formula is C29H27Cl2N3O6S2. The van der Waals surface area contributed by atoms with Crippen LogP contribution in [0, 0.1) is 6.92 Å². The van der Waals surface area contributed by atoms with Gasteiger partial charge in [-0.15, -0.1) is 0 Å². The van der Waals surface area contributed by atoms with E-state index in [0.717, 1.165) is 9.87 Å². The first kappa shape index (κ1) is 31.2. The molecule has 0 bridgehead atoms. The Labute approximate surface area is 255 Å². The van der Waals surface area contributed by atoms with Crippen LogP contribution >= 0.6 is 23.2 Å². The van der Waals surface area contributed by atoms with Gasteiger partial charge in [0.1, 0.15) is 12.3 Å².